The number of nitrogens with zero attached hydrogens (tertiary/aromatic N) is 5. The molecule has 0 aliphatic rings. The van der Waals surface area contributed by atoms with E-state index >= 15 is 0 Å². The number of nitrogens with one attached hydrogen (secondary N) is 1. The zero-order valence-corrected chi connectivity index (χ0v) is 18.3. The Bertz CT molecular complexity index is 1430. The molecule has 9 heteroatoms. The van der Waals surface area contributed by atoms with Crippen molar-refractivity contribution < 1.29 is 0 Å². The van der Waals surface area contributed by atoms with E-state index in [1.807, 2.05) is 48.5 Å². The van der Waals surface area contributed by atoms with Crippen molar-refractivity contribution in [3.05, 3.63) is 97.7 Å². The Hall–Kier alpha value is -3.91. The fraction of sp³-hybridized carbons (Fsp3) is 0.130. The highest BCUT2D eigenvalue weighted by Gasteiger charge is 2.19. The fourth-order valence-corrected chi connectivity index (χ4v) is 3.44. The summed E-state index contributed by atoms with van der Waals surface area (Å²) in [6.07, 6.45) is 5.31. The van der Waals surface area contributed by atoms with Crippen LogP contribution in [0.15, 0.2) is 75.4 Å². The molecule has 0 atom stereocenters. The highest BCUT2D eigenvalue weighted by atomic mass is 35.5. The van der Waals surface area contributed by atoms with Crippen molar-refractivity contribution in [1.82, 2.24) is 18.7 Å². The summed E-state index contributed by atoms with van der Waals surface area (Å²) in [5.41, 5.74) is 4.58. The third-order valence-corrected chi connectivity index (χ3v) is 5.27. The van der Waals surface area contributed by atoms with Crippen molar-refractivity contribution >= 4 is 41.0 Å². The summed E-state index contributed by atoms with van der Waals surface area (Å²) in [6.45, 7) is 0.346. The Kier molecular flexibility index (Phi) is 6.04. The molecule has 0 unspecified atom stereocenters. The van der Waals surface area contributed by atoms with Gasteiger partial charge in [-0.2, -0.15) is 10.1 Å². The van der Waals surface area contributed by atoms with Gasteiger partial charge in [-0.3, -0.25) is 18.5 Å². The van der Waals surface area contributed by atoms with Crippen LogP contribution in [-0.4, -0.2) is 24.9 Å². The van der Waals surface area contributed by atoms with Gasteiger partial charge < -0.3 is 0 Å². The normalized spacial score (nSPS) is 11.7. The first kappa shape index (κ1) is 21.3. The highest BCUT2D eigenvalue weighted by molar-refractivity contribution is 6.30. The molecule has 0 bridgehead atoms. The van der Waals surface area contributed by atoms with Gasteiger partial charge in [0.05, 0.1) is 6.54 Å². The summed E-state index contributed by atoms with van der Waals surface area (Å²) in [5, 5.41) is 4.83. The Morgan fingerprint density at radius 1 is 1.03 bits per heavy atom. The lowest BCUT2D eigenvalue weighted by Gasteiger charge is -2.09. The van der Waals surface area contributed by atoms with Crippen LogP contribution in [0, 0.1) is 0 Å². The summed E-state index contributed by atoms with van der Waals surface area (Å²) < 4.78 is 4.12. The number of allylic oxidation sites excluding steroid dienone is 1. The third kappa shape index (κ3) is 4.26. The Balaban J connectivity index is 1.72. The lowest BCUT2D eigenvalue weighted by molar-refractivity contribution is 0.702. The fourth-order valence-electron chi connectivity index (χ4n) is 3.31. The maximum absolute atomic E-state index is 12.9. The van der Waals surface area contributed by atoms with Crippen molar-refractivity contribution in [3.63, 3.8) is 0 Å². The van der Waals surface area contributed by atoms with Gasteiger partial charge in [-0.05, 0) is 29.3 Å². The number of rotatable bonds is 6. The smallest absolute Gasteiger partial charge is 0.298 e. The topological polar surface area (TPSA) is 86.2 Å². The first-order valence-corrected chi connectivity index (χ1v) is 10.2. The van der Waals surface area contributed by atoms with Crippen molar-refractivity contribution in [3.8, 4) is 0 Å². The predicted molar refractivity (Wildman–Crippen MR) is 128 cm³/mol. The van der Waals surface area contributed by atoms with E-state index in [0.717, 1.165) is 15.7 Å². The summed E-state index contributed by atoms with van der Waals surface area (Å²) in [6, 6.07) is 17.1. The maximum atomic E-state index is 12.9. The molecule has 162 valence electrons. The zero-order chi connectivity index (χ0) is 22.7. The van der Waals surface area contributed by atoms with Gasteiger partial charge in [-0.25, -0.2) is 10.2 Å². The number of anilines is 1. The van der Waals surface area contributed by atoms with E-state index in [0.29, 0.717) is 23.0 Å². The molecule has 0 saturated heterocycles. The number of hydrogen-bond acceptors (Lipinski definition) is 5. The Labute approximate surface area is 188 Å². The first-order valence-electron chi connectivity index (χ1n) is 9.87. The molecule has 0 aliphatic heterocycles. The molecule has 2 aromatic heterocycles. The van der Waals surface area contributed by atoms with Gasteiger partial charge in [-0.1, -0.05) is 60.1 Å². The number of halogens is 1. The number of imidazole rings is 1. The number of hydrazone groups is 1. The molecule has 0 radical (unpaired) electrons. The van der Waals surface area contributed by atoms with Crippen LogP contribution in [0.1, 0.15) is 11.1 Å². The van der Waals surface area contributed by atoms with E-state index in [1.54, 1.807) is 36.0 Å². The average Bonchev–Trinajstić information content (AvgIpc) is 3.16. The minimum absolute atomic E-state index is 0.282. The van der Waals surface area contributed by atoms with Gasteiger partial charge in [0.2, 0.25) is 5.95 Å². The van der Waals surface area contributed by atoms with E-state index in [1.165, 1.54) is 11.6 Å². The van der Waals surface area contributed by atoms with Crippen LogP contribution >= 0.6 is 11.6 Å². The molecule has 0 aliphatic carbocycles. The van der Waals surface area contributed by atoms with Crippen LogP contribution in [-0.2, 0) is 20.6 Å². The van der Waals surface area contributed by atoms with Crippen LogP contribution in [0.5, 0.6) is 0 Å². The Morgan fingerprint density at radius 2 is 1.75 bits per heavy atom. The van der Waals surface area contributed by atoms with E-state index in [-0.39, 0.29) is 5.65 Å². The molecule has 0 saturated carbocycles. The van der Waals surface area contributed by atoms with Crippen LogP contribution < -0.4 is 16.7 Å². The van der Waals surface area contributed by atoms with Crippen molar-refractivity contribution in [2.45, 2.75) is 6.54 Å². The van der Waals surface area contributed by atoms with Crippen molar-refractivity contribution in [2.24, 2.45) is 19.2 Å². The van der Waals surface area contributed by atoms with E-state index in [9.17, 15) is 9.59 Å². The minimum Gasteiger partial charge on any atom is -0.298 e. The number of benzene rings is 2. The third-order valence-electron chi connectivity index (χ3n) is 5.02. The molecule has 0 spiro atoms. The molecular weight excluding hydrogens is 428 g/mol. The lowest BCUT2D eigenvalue weighted by Crippen LogP contribution is -2.37. The molecular formula is C23H21ClN6O2. The van der Waals surface area contributed by atoms with E-state index in [2.05, 4.69) is 15.5 Å². The predicted octanol–water partition coefficient (Wildman–Crippen LogP) is 3.25. The van der Waals surface area contributed by atoms with Gasteiger partial charge in [0, 0.05) is 25.3 Å². The molecule has 0 amide bonds. The summed E-state index contributed by atoms with van der Waals surface area (Å²) in [5.74, 6) is 0.345. The number of aromatic nitrogens is 4. The van der Waals surface area contributed by atoms with Crippen LogP contribution in [0.3, 0.4) is 0 Å². The standard InChI is InChI=1S/C23H21ClN6O2/c1-28-20-19(21(31)29(2)23(28)32)30(15-17-10-12-18(24)13-11-17)22(26-20)27-25-14-6-9-16-7-4-3-5-8-16/h3-14H,15H2,1-2H3,(H,26,27). The zero-order valence-electron chi connectivity index (χ0n) is 17.6. The van der Waals surface area contributed by atoms with Crippen LogP contribution in [0.25, 0.3) is 17.2 Å². The molecule has 1 N–H and O–H groups in total. The van der Waals surface area contributed by atoms with Gasteiger partial charge in [0.15, 0.2) is 11.2 Å². The number of fused-ring (bicyclic) bond motifs is 1. The largest absolute Gasteiger partial charge is 0.332 e. The van der Waals surface area contributed by atoms with E-state index < -0.39 is 11.2 Å². The highest BCUT2D eigenvalue weighted by Crippen LogP contribution is 2.19. The molecule has 4 aromatic rings. The summed E-state index contributed by atoms with van der Waals surface area (Å²) in [4.78, 5) is 29.7. The molecule has 4 rings (SSSR count). The summed E-state index contributed by atoms with van der Waals surface area (Å²) in [7, 11) is 3.03. The molecule has 2 heterocycles. The first-order chi connectivity index (χ1) is 15.5. The minimum atomic E-state index is -0.445. The molecule has 8 nitrogen and oxygen atoms in total. The second-order valence-corrected chi connectivity index (χ2v) is 7.62. The molecule has 0 fully saturated rings. The molecule has 32 heavy (non-hydrogen) atoms. The number of aryl methyl sites for hydroxylation is 1. The number of hydrogen-bond donors (Lipinski definition) is 1. The summed E-state index contributed by atoms with van der Waals surface area (Å²) >= 11 is 6.00. The second kappa shape index (κ2) is 9.07. The van der Waals surface area contributed by atoms with Gasteiger partial charge in [0.25, 0.3) is 5.56 Å². The van der Waals surface area contributed by atoms with Crippen molar-refractivity contribution in [1.29, 1.82) is 0 Å². The SMILES string of the molecule is Cn1c(=O)c2c(nc(NN=CC=Cc3ccccc3)n2Cc2ccc(Cl)cc2)n(C)c1=O. The quantitative estimate of drug-likeness (QED) is 0.362. The van der Waals surface area contributed by atoms with Crippen molar-refractivity contribution in [2.75, 3.05) is 5.43 Å². The lowest BCUT2D eigenvalue weighted by atomic mass is 10.2. The van der Waals surface area contributed by atoms with Gasteiger partial charge >= 0.3 is 5.69 Å². The second-order valence-electron chi connectivity index (χ2n) is 7.19. The average molecular weight is 449 g/mol. The Morgan fingerprint density at radius 3 is 2.47 bits per heavy atom. The molecule has 2 aromatic carbocycles. The maximum Gasteiger partial charge on any atom is 0.332 e. The van der Waals surface area contributed by atoms with E-state index in [4.69, 9.17) is 11.6 Å². The van der Waals surface area contributed by atoms with Crippen LogP contribution in [0.4, 0.5) is 5.95 Å². The van der Waals surface area contributed by atoms with Crippen LogP contribution in [0.2, 0.25) is 5.02 Å². The van der Waals surface area contributed by atoms with Gasteiger partial charge in [0.1, 0.15) is 0 Å². The van der Waals surface area contributed by atoms with Gasteiger partial charge in [-0.15, -0.1) is 0 Å². The monoisotopic (exact) mass is 448 g/mol.